The minimum atomic E-state index is -0.398. The van der Waals surface area contributed by atoms with Crippen molar-refractivity contribution in [2.45, 2.75) is 40.2 Å². The van der Waals surface area contributed by atoms with Gasteiger partial charge in [0.1, 0.15) is 6.10 Å². The second-order valence-electron chi connectivity index (χ2n) is 6.43. The largest absolute Gasteiger partial charge is 0.472 e. The SMILES string of the molecule is C=C(N/C(CC)=C(/C)c1ccc([N+](=O)[O-])cc1)O[C@H](C)c1ccccc1C. The predicted molar refractivity (Wildman–Crippen MR) is 109 cm³/mol. The Balaban J connectivity index is 2.12. The molecule has 2 aromatic rings. The van der Waals surface area contributed by atoms with Crippen LogP contribution in [0.3, 0.4) is 0 Å². The van der Waals surface area contributed by atoms with Gasteiger partial charge in [0.05, 0.1) is 4.92 Å². The average molecular weight is 366 g/mol. The third-order valence-electron chi connectivity index (χ3n) is 4.55. The molecule has 1 atom stereocenters. The molecule has 2 aromatic carbocycles. The molecule has 1 N–H and O–H groups in total. The van der Waals surface area contributed by atoms with E-state index in [4.69, 9.17) is 4.74 Å². The van der Waals surface area contributed by atoms with Crippen LogP contribution in [0.4, 0.5) is 5.69 Å². The number of aryl methyl sites for hydroxylation is 1. The molecule has 5 nitrogen and oxygen atoms in total. The maximum atomic E-state index is 10.8. The third kappa shape index (κ3) is 5.20. The molecule has 0 bridgehead atoms. The molecule has 0 saturated carbocycles. The van der Waals surface area contributed by atoms with E-state index in [1.807, 2.05) is 39.0 Å². The van der Waals surface area contributed by atoms with Crippen LogP contribution in [0.2, 0.25) is 0 Å². The molecule has 0 fully saturated rings. The fourth-order valence-electron chi connectivity index (χ4n) is 2.97. The van der Waals surface area contributed by atoms with Crippen LogP contribution in [0, 0.1) is 17.0 Å². The van der Waals surface area contributed by atoms with Crippen molar-refractivity contribution >= 4 is 11.3 Å². The highest BCUT2D eigenvalue weighted by Crippen LogP contribution is 2.25. The number of ether oxygens (including phenoxy) is 1. The van der Waals surface area contributed by atoms with Gasteiger partial charge in [0.2, 0.25) is 0 Å². The van der Waals surface area contributed by atoms with Crippen molar-refractivity contribution in [3.63, 3.8) is 0 Å². The molecule has 0 aliphatic carbocycles. The topological polar surface area (TPSA) is 64.4 Å². The van der Waals surface area contributed by atoms with Gasteiger partial charge in [-0.1, -0.05) is 31.2 Å². The first-order chi connectivity index (χ1) is 12.8. The number of hydrogen-bond donors (Lipinski definition) is 1. The molecule has 0 radical (unpaired) electrons. The number of rotatable bonds is 8. The van der Waals surface area contributed by atoms with Crippen molar-refractivity contribution in [1.29, 1.82) is 0 Å². The van der Waals surface area contributed by atoms with Gasteiger partial charge in [-0.25, -0.2) is 0 Å². The summed E-state index contributed by atoms with van der Waals surface area (Å²) in [5.74, 6) is 0.476. The average Bonchev–Trinajstić information content (AvgIpc) is 2.65. The summed E-state index contributed by atoms with van der Waals surface area (Å²) in [6.45, 7) is 12.1. The van der Waals surface area contributed by atoms with E-state index in [1.165, 1.54) is 17.7 Å². The van der Waals surface area contributed by atoms with Crippen LogP contribution in [-0.4, -0.2) is 4.92 Å². The predicted octanol–water partition coefficient (Wildman–Crippen LogP) is 5.88. The monoisotopic (exact) mass is 366 g/mol. The van der Waals surface area contributed by atoms with E-state index in [-0.39, 0.29) is 11.8 Å². The highest BCUT2D eigenvalue weighted by molar-refractivity contribution is 5.67. The summed E-state index contributed by atoms with van der Waals surface area (Å²) in [5.41, 5.74) is 5.26. The van der Waals surface area contributed by atoms with Gasteiger partial charge in [-0.05, 0) is 68.2 Å². The summed E-state index contributed by atoms with van der Waals surface area (Å²) >= 11 is 0. The molecule has 5 heteroatoms. The summed E-state index contributed by atoms with van der Waals surface area (Å²) in [6, 6.07) is 14.6. The van der Waals surface area contributed by atoms with Crippen molar-refractivity contribution in [3.8, 4) is 0 Å². The van der Waals surface area contributed by atoms with Gasteiger partial charge in [0.25, 0.3) is 5.69 Å². The first kappa shape index (κ1) is 20.2. The molecule has 27 heavy (non-hydrogen) atoms. The standard InChI is InChI=1S/C22H26N2O3/c1-6-22(16(3)19-11-13-20(14-12-19)24(25)26)23-18(5)27-17(4)21-10-8-7-9-15(21)2/h7-14,17,23H,5-6H2,1-4H3/b22-16-/t17-/m1/s1. The Kier molecular flexibility index (Phi) is 6.77. The van der Waals surface area contributed by atoms with Crippen LogP contribution < -0.4 is 5.32 Å². The molecule has 0 amide bonds. The first-order valence-electron chi connectivity index (χ1n) is 8.96. The Morgan fingerprint density at radius 3 is 2.41 bits per heavy atom. The van der Waals surface area contributed by atoms with Gasteiger partial charge in [0, 0.05) is 17.8 Å². The zero-order chi connectivity index (χ0) is 20.0. The Hall–Kier alpha value is -3.08. The lowest BCUT2D eigenvalue weighted by Gasteiger charge is -2.21. The molecule has 0 heterocycles. The van der Waals surface area contributed by atoms with Gasteiger partial charge in [-0.15, -0.1) is 0 Å². The molecule has 0 unspecified atom stereocenters. The van der Waals surface area contributed by atoms with Gasteiger partial charge >= 0.3 is 0 Å². The van der Waals surface area contributed by atoms with Gasteiger partial charge in [0.15, 0.2) is 5.88 Å². The summed E-state index contributed by atoms with van der Waals surface area (Å²) in [4.78, 5) is 10.4. The Labute approximate surface area is 160 Å². The zero-order valence-electron chi connectivity index (χ0n) is 16.3. The summed E-state index contributed by atoms with van der Waals surface area (Å²) in [5, 5.41) is 14.1. The minimum Gasteiger partial charge on any atom is -0.472 e. The molecule has 0 aliphatic heterocycles. The van der Waals surface area contributed by atoms with Crippen LogP contribution in [-0.2, 0) is 4.74 Å². The molecule has 0 spiro atoms. The Bertz CT molecular complexity index is 854. The number of allylic oxidation sites excluding steroid dienone is 2. The zero-order valence-corrected chi connectivity index (χ0v) is 16.3. The quantitative estimate of drug-likeness (QED) is 0.360. The van der Waals surface area contributed by atoms with Crippen molar-refractivity contribution in [2.75, 3.05) is 0 Å². The minimum absolute atomic E-state index is 0.0809. The van der Waals surface area contributed by atoms with Crippen LogP contribution in [0.25, 0.3) is 5.57 Å². The number of benzene rings is 2. The van der Waals surface area contributed by atoms with Gasteiger partial charge < -0.3 is 10.1 Å². The van der Waals surface area contributed by atoms with Gasteiger partial charge in [-0.3, -0.25) is 10.1 Å². The third-order valence-corrected chi connectivity index (χ3v) is 4.55. The van der Waals surface area contributed by atoms with Crippen molar-refractivity contribution in [2.24, 2.45) is 0 Å². The molecular formula is C22H26N2O3. The molecule has 0 aliphatic rings. The molecule has 142 valence electrons. The lowest BCUT2D eigenvalue weighted by Crippen LogP contribution is -2.17. The molecular weight excluding hydrogens is 340 g/mol. The van der Waals surface area contributed by atoms with Gasteiger partial charge in [-0.2, -0.15) is 0 Å². The summed E-state index contributed by atoms with van der Waals surface area (Å²) < 4.78 is 5.96. The van der Waals surface area contributed by atoms with Crippen LogP contribution >= 0.6 is 0 Å². The van der Waals surface area contributed by atoms with Crippen LogP contribution in [0.15, 0.2) is 66.7 Å². The maximum Gasteiger partial charge on any atom is 0.269 e. The molecule has 0 saturated heterocycles. The van der Waals surface area contributed by atoms with Crippen molar-refractivity contribution < 1.29 is 9.66 Å². The number of nitrogens with one attached hydrogen (secondary N) is 1. The fraction of sp³-hybridized carbons (Fsp3) is 0.273. The van der Waals surface area contributed by atoms with E-state index < -0.39 is 4.92 Å². The van der Waals surface area contributed by atoms with E-state index in [0.29, 0.717) is 5.88 Å². The Morgan fingerprint density at radius 2 is 1.85 bits per heavy atom. The highest BCUT2D eigenvalue weighted by atomic mass is 16.6. The first-order valence-corrected chi connectivity index (χ1v) is 8.96. The molecule has 2 rings (SSSR count). The normalized spacial score (nSPS) is 12.7. The smallest absolute Gasteiger partial charge is 0.269 e. The summed E-state index contributed by atoms with van der Waals surface area (Å²) in [6.07, 6.45) is 0.633. The van der Waals surface area contributed by atoms with Crippen LogP contribution in [0.5, 0.6) is 0 Å². The lowest BCUT2D eigenvalue weighted by atomic mass is 10.0. The van der Waals surface area contributed by atoms with E-state index >= 15 is 0 Å². The number of non-ortho nitro benzene ring substituents is 1. The van der Waals surface area contributed by atoms with Crippen molar-refractivity contribution in [1.82, 2.24) is 5.32 Å². The van der Waals surface area contributed by atoms with E-state index in [0.717, 1.165) is 28.8 Å². The maximum absolute atomic E-state index is 10.8. The lowest BCUT2D eigenvalue weighted by molar-refractivity contribution is -0.384. The highest BCUT2D eigenvalue weighted by Gasteiger charge is 2.12. The van der Waals surface area contributed by atoms with Crippen LogP contribution in [0.1, 0.15) is 50.0 Å². The van der Waals surface area contributed by atoms with E-state index in [9.17, 15) is 10.1 Å². The second kappa shape index (κ2) is 9.03. The number of hydrogen-bond acceptors (Lipinski definition) is 4. The fourth-order valence-corrected chi connectivity index (χ4v) is 2.97. The molecule has 0 aromatic heterocycles. The number of nitrogens with zero attached hydrogens (tertiary/aromatic N) is 1. The summed E-state index contributed by atoms with van der Waals surface area (Å²) in [7, 11) is 0. The Morgan fingerprint density at radius 1 is 1.22 bits per heavy atom. The van der Waals surface area contributed by atoms with E-state index in [1.54, 1.807) is 12.1 Å². The van der Waals surface area contributed by atoms with Crippen molar-refractivity contribution in [3.05, 3.63) is 93.5 Å². The number of nitro groups is 1. The van der Waals surface area contributed by atoms with E-state index in [2.05, 4.69) is 24.9 Å². The number of nitro benzene ring substituents is 1. The second-order valence-corrected chi connectivity index (χ2v) is 6.43.